The first kappa shape index (κ1) is 27.2. The maximum absolute atomic E-state index is 13.7. The Kier molecular flexibility index (Phi) is 8.33. The maximum Gasteiger partial charge on any atom is 0.343 e. The van der Waals surface area contributed by atoms with E-state index in [1.54, 1.807) is 32.1 Å². The molecule has 1 aromatic heterocycles. The number of carbonyl (C=O) groups is 2. The van der Waals surface area contributed by atoms with Gasteiger partial charge in [0.25, 0.3) is 5.56 Å². The molecule has 0 bridgehead atoms. The number of hydrogen-bond acceptors (Lipinski definition) is 9. The van der Waals surface area contributed by atoms with Crippen molar-refractivity contribution >= 4 is 41.0 Å². The number of methoxy groups -OCH3 is 2. The predicted molar refractivity (Wildman–Crippen MR) is 142 cm³/mol. The number of carbonyl (C=O) groups excluding carboxylic acids is 2. The van der Waals surface area contributed by atoms with Crippen LogP contribution in [0, 0.1) is 0 Å². The fraction of sp³-hybridized carbons (Fsp3) is 0.259. The van der Waals surface area contributed by atoms with Crippen molar-refractivity contribution in [2.45, 2.75) is 19.9 Å². The second kappa shape index (κ2) is 11.7. The van der Waals surface area contributed by atoms with Gasteiger partial charge >= 0.3 is 11.9 Å². The molecule has 0 aliphatic carbocycles. The highest BCUT2D eigenvalue weighted by atomic mass is 35.5. The van der Waals surface area contributed by atoms with Crippen LogP contribution < -0.4 is 24.4 Å². The lowest BCUT2D eigenvalue weighted by atomic mass is 9.96. The fourth-order valence-corrected chi connectivity index (χ4v) is 5.38. The minimum Gasteiger partial charge on any atom is -0.490 e. The van der Waals surface area contributed by atoms with Gasteiger partial charge in [-0.3, -0.25) is 9.36 Å². The zero-order valence-electron chi connectivity index (χ0n) is 21.1. The van der Waals surface area contributed by atoms with Crippen LogP contribution in [0.4, 0.5) is 0 Å². The molecule has 0 spiro atoms. The van der Waals surface area contributed by atoms with E-state index in [1.165, 1.54) is 30.1 Å². The molecular formula is C27H25ClN2O7S. The largest absolute Gasteiger partial charge is 0.490 e. The zero-order chi connectivity index (χ0) is 27.4. The van der Waals surface area contributed by atoms with Crippen LogP contribution in [0.25, 0.3) is 6.08 Å². The van der Waals surface area contributed by atoms with E-state index in [-0.39, 0.29) is 22.9 Å². The molecule has 0 radical (unpaired) electrons. The Bertz CT molecular complexity index is 1590. The summed E-state index contributed by atoms with van der Waals surface area (Å²) in [5.41, 5.74) is 1.79. The van der Waals surface area contributed by atoms with Crippen LogP contribution >= 0.6 is 22.9 Å². The smallest absolute Gasteiger partial charge is 0.343 e. The van der Waals surface area contributed by atoms with E-state index in [2.05, 4.69) is 9.73 Å². The Morgan fingerprint density at radius 2 is 1.87 bits per heavy atom. The fourth-order valence-electron chi connectivity index (χ4n) is 4.06. The first-order valence-electron chi connectivity index (χ1n) is 11.6. The van der Waals surface area contributed by atoms with Gasteiger partial charge in [0.15, 0.2) is 22.9 Å². The second-order valence-corrected chi connectivity index (χ2v) is 9.53. The summed E-state index contributed by atoms with van der Waals surface area (Å²) >= 11 is 7.65. The van der Waals surface area contributed by atoms with Gasteiger partial charge < -0.3 is 18.9 Å². The number of fused-ring (bicyclic) bond motifs is 1. The molecule has 1 unspecified atom stereocenters. The van der Waals surface area contributed by atoms with Gasteiger partial charge in [-0.2, -0.15) is 0 Å². The van der Waals surface area contributed by atoms with Crippen LogP contribution in [0.5, 0.6) is 11.5 Å². The molecule has 0 amide bonds. The third kappa shape index (κ3) is 5.36. The lowest BCUT2D eigenvalue weighted by molar-refractivity contribution is -0.143. The highest BCUT2D eigenvalue weighted by molar-refractivity contribution is 7.07. The van der Waals surface area contributed by atoms with Crippen LogP contribution in [-0.2, 0) is 19.1 Å². The molecule has 2 heterocycles. The van der Waals surface area contributed by atoms with Crippen LogP contribution in [0.1, 0.15) is 31.0 Å². The van der Waals surface area contributed by atoms with Crippen molar-refractivity contribution in [2.75, 3.05) is 27.4 Å². The number of halogens is 1. The molecule has 0 saturated heterocycles. The van der Waals surface area contributed by atoms with Crippen molar-refractivity contribution in [3.05, 3.63) is 89.6 Å². The van der Waals surface area contributed by atoms with E-state index in [4.69, 9.17) is 25.8 Å². The predicted octanol–water partition coefficient (Wildman–Crippen LogP) is 3.01. The van der Waals surface area contributed by atoms with Crippen molar-refractivity contribution in [1.29, 1.82) is 0 Å². The summed E-state index contributed by atoms with van der Waals surface area (Å²) in [6.07, 6.45) is 1.67. The summed E-state index contributed by atoms with van der Waals surface area (Å²) < 4.78 is 22.7. The average Bonchev–Trinajstić information content (AvgIpc) is 3.21. The van der Waals surface area contributed by atoms with E-state index >= 15 is 0 Å². The standard InChI is InChI=1S/C27H25ClN2O7S/c1-5-36-19-12-16(11-18(28)24(19)37-14-21(31)34-3)13-20-25(32)30-23(17-9-7-6-8-10-17)22(26(33)35-4)15(2)29-27(30)38-20/h6-13,23H,5,14H2,1-4H3. The topological polar surface area (TPSA) is 105 Å². The second-order valence-electron chi connectivity index (χ2n) is 8.11. The first-order valence-corrected chi connectivity index (χ1v) is 12.8. The highest BCUT2D eigenvalue weighted by Gasteiger charge is 2.33. The first-order chi connectivity index (χ1) is 18.3. The van der Waals surface area contributed by atoms with E-state index in [0.717, 1.165) is 5.56 Å². The van der Waals surface area contributed by atoms with Crippen molar-refractivity contribution in [3.8, 4) is 11.5 Å². The minimum atomic E-state index is -0.696. The van der Waals surface area contributed by atoms with Gasteiger partial charge in [0, 0.05) is 0 Å². The van der Waals surface area contributed by atoms with Gasteiger partial charge in [-0.15, -0.1) is 0 Å². The lowest BCUT2D eigenvalue weighted by Gasteiger charge is -2.24. The number of benzene rings is 2. The van der Waals surface area contributed by atoms with Gasteiger partial charge in [0.05, 0.1) is 47.7 Å². The molecule has 1 atom stereocenters. The number of esters is 2. The Hall–Kier alpha value is -3.89. The van der Waals surface area contributed by atoms with Crippen LogP contribution in [0.3, 0.4) is 0 Å². The quantitative estimate of drug-likeness (QED) is 0.393. The Labute approximate surface area is 227 Å². The molecule has 1 aliphatic heterocycles. The van der Waals surface area contributed by atoms with Crippen molar-refractivity contribution < 1.29 is 28.5 Å². The molecule has 0 N–H and O–H groups in total. The summed E-state index contributed by atoms with van der Waals surface area (Å²) in [4.78, 5) is 43.0. The number of hydrogen-bond donors (Lipinski definition) is 0. The number of ether oxygens (including phenoxy) is 4. The number of nitrogens with zero attached hydrogens (tertiary/aromatic N) is 2. The van der Waals surface area contributed by atoms with E-state index < -0.39 is 18.0 Å². The summed E-state index contributed by atoms with van der Waals surface area (Å²) in [6.45, 7) is 3.51. The van der Waals surface area contributed by atoms with Crippen molar-refractivity contribution in [1.82, 2.24) is 4.57 Å². The molecule has 2 aromatic carbocycles. The lowest BCUT2D eigenvalue weighted by Crippen LogP contribution is -2.39. The normalized spacial score (nSPS) is 15.0. The molecule has 3 aromatic rings. The number of aromatic nitrogens is 1. The van der Waals surface area contributed by atoms with E-state index in [1.807, 2.05) is 30.3 Å². The Morgan fingerprint density at radius 3 is 2.53 bits per heavy atom. The minimum absolute atomic E-state index is 0.194. The molecule has 0 fully saturated rings. The summed E-state index contributed by atoms with van der Waals surface area (Å²) in [5.74, 6) is -0.609. The zero-order valence-corrected chi connectivity index (χ0v) is 22.7. The summed E-state index contributed by atoms with van der Waals surface area (Å²) in [6, 6.07) is 11.8. The molecule has 4 rings (SSSR count). The van der Waals surface area contributed by atoms with Crippen molar-refractivity contribution in [2.24, 2.45) is 4.99 Å². The Balaban J connectivity index is 1.85. The van der Waals surface area contributed by atoms with Gasteiger partial charge in [-0.05, 0) is 43.2 Å². The average molecular weight is 557 g/mol. The van der Waals surface area contributed by atoms with Crippen molar-refractivity contribution in [3.63, 3.8) is 0 Å². The summed E-state index contributed by atoms with van der Waals surface area (Å²) in [7, 11) is 2.56. The SMILES string of the molecule is CCOc1cc(C=c2sc3n(c2=O)C(c2ccccc2)C(C(=O)OC)=C(C)N=3)cc(Cl)c1OCC(=O)OC. The van der Waals surface area contributed by atoms with E-state index in [9.17, 15) is 14.4 Å². The van der Waals surface area contributed by atoms with Crippen LogP contribution in [0.2, 0.25) is 5.02 Å². The monoisotopic (exact) mass is 556 g/mol. The number of rotatable bonds is 8. The third-order valence-electron chi connectivity index (χ3n) is 5.73. The number of allylic oxidation sites excluding steroid dienone is 1. The van der Waals surface area contributed by atoms with Gasteiger partial charge in [0.1, 0.15) is 0 Å². The maximum atomic E-state index is 13.7. The number of thiazole rings is 1. The van der Waals surface area contributed by atoms with Gasteiger partial charge in [-0.25, -0.2) is 14.6 Å². The molecule has 11 heteroatoms. The van der Waals surface area contributed by atoms with Gasteiger partial charge in [-0.1, -0.05) is 53.3 Å². The third-order valence-corrected chi connectivity index (χ3v) is 7.00. The van der Waals surface area contributed by atoms with Crippen LogP contribution in [-0.4, -0.2) is 43.9 Å². The molecular weight excluding hydrogens is 532 g/mol. The van der Waals surface area contributed by atoms with Gasteiger partial charge in [0.2, 0.25) is 0 Å². The van der Waals surface area contributed by atoms with Crippen LogP contribution in [0.15, 0.2) is 63.5 Å². The molecule has 0 saturated carbocycles. The summed E-state index contributed by atoms with van der Waals surface area (Å²) in [5, 5.41) is 0.199. The molecule has 38 heavy (non-hydrogen) atoms. The molecule has 9 nitrogen and oxygen atoms in total. The molecule has 198 valence electrons. The van der Waals surface area contributed by atoms with E-state index in [0.29, 0.717) is 38.5 Å². The highest BCUT2D eigenvalue weighted by Crippen LogP contribution is 2.37. The Morgan fingerprint density at radius 1 is 1.13 bits per heavy atom. The molecule has 1 aliphatic rings.